The van der Waals surface area contributed by atoms with Gasteiger partial charge in [-0.15, -0.1) is 5.10 Å². The van der Waals surface area contributed by atoms with Crippen LogP contribution < -0.4 is 10.6 Å². The number of benzene rings is 1. The van der Waals surface area contributed by atoms with Crippen molar-refractivity contribution in [2.75, 3.05) is 10.6 Å². The second kappa shape index (κ2) is 8.38. The Balaban J connectivity index is 1.31. The molecular formula is C21H21F2N5O. The van der Waals surface area contributed by atoms with Crippen molar-refractivity contribution in [1.29, 1.82) is 0 Å². The molecule has 2 N–H and O–H groups in total. The number of amides is 1. The maximum atomic E-state index is 13.9. The lowest BCUT2D eigenvalue weighted by Gasteiger charge is -2.28. The summed E-state index contributed by atoms with van der Waals surface area (Å²) < 4.78 is 28.5. The van der Waals surface area contributed by atoms with Gasteiger partial charge in [-0.25, -0.2) is 14.1 Å². The van der Waals surface area contributed by atoms with Gasteiger partial charge in [0.25, 0.3) is 0 Å². The van der Waals surface area contributed by atoms with Gasteiger partial charge in [0.1, 0.15) is 17.3 Å². The van der Waals surface area contributed by atoms with E-state index in [2.05, 4.69) is 20.7 Å². The predicted molar refractivity (Wildman–Crippen MR) is 106 cm³/mol. The third-order valence-electron chi connectivity index (χ3n) is 5.10. The highest BCUT2D eigenvalue weighted by Gasteiger charge is 2.27. The SMILES string of the molecule is O=C(Nc1ccn(-c2ccccc2F)n1)[C@H]1CC[C@H](Nc2cccc(F)n2)CC1. The largest absolute Gasteiger partial charge is 0.367 e. The Bertz CT molecular complexity index is 998. The number of carbonyl (C=O) groups is 1. The number of hydrogen-bond donors (Lipinski definition) is 2. The highest BCUT2D eigenvalue weighted by molar-refractivity contribution is 5.91. The lowest BCUT2D eigenvalue weighted by atomic mass is 9.85. The van der Waals surface area contributed by atoms with E-state index in [1.165, 1.54) is 16.8 Å². The summed E-state index contributed by atoms with van der Waals surface area (Å²) >= 11 is 0. The van der Waals surface area contributed by atoms with Crippen molar-refractivity contribution in [3.05, 3.63) is 66.5 Å². The van der Waals surface area contributed by atoms with E-state index in [0.717, 1.165) is 12.8 Å². The molecule has 1 aliphatic carbocycles. The Labute approximate surface area is 167 Å². The van der Waals surface area contributed by atoms with Crippen molar-refractivity contribution < 1.29 is 13.6 Å². The van der Waals surface area contributed by atoms with Crippen LogP contribution in [0.15, 0.2) is 54.7 Å². The zero-order valence-corrected chi connectivity index (χ0v) is 15.7. The third kappa shape index (κ3) is 4.59. The van der Waals surface area contributed by atoms with Gasteiger partial charge in [-0.2, -0.15) is 4.39 Å². The maximum absolute atomic E-state index is 13.9. The smallest absolute Gasteiger partial charge is 0.228 e. The molecule has 2 heterocycles. The maximum Gasteiger partial charge on any atom is 0.228 e. The number of anilines is 2. The van der Waals surface area contributed by atoms with E-state index < -0.39 is 5.95 Å². The van der Waals surface area contributed by atoms with E-state index in [1.807, 2.05) is 0 Å². The second-order valence-corrected chi connectivity index (χ2v) is 7.12. The van der Waals surface area contributed by atoms with Gasteiger partial charge in [-0.3, -0.25) is 4.79 Å². The van der Waals surface area contributed by atoms with Gasteiger partial charge < -0.3 is 10.6 Å². The van der Waals surface area contributed by atoms with E-state index in [9.17, 15) is 13.6 Å². The number of carbonyl (C=O) groups excluding carboxylic acids is 1. The van der Waals surface area contributed by atoms with Crippen LogP contribution in [0.2, 0.25) is 0 Å². The zero-order chi connectivity index (χ0) is 20.2. The summed E-state index contributed by atoms with van der Waals surface area (Å²) in [7, 11) is 0. The molecular weight excluding hydrogens is 376 g/mol. The molecule has 0 atom stereocenters. The number of halogens is 2. The van der Waals surface area contributed by atoms with E-state index in [4.69, 9.17) is 0 Å². The predicted octanol–water partition coefficient (Wildman–Crippen LogP) is 4.15. The van der Waals surface area contributed by atoms with Crippen LogP contribution in [0.1, 0.15) is 25.7 Å². The standard InChI is InChI=1S/C21H21F2N5O/c22-16-4-1-2-5-17(16)28-13-12-20(27-28)26-21(29)14-8-10-15(11-9-14)24-19-7-3-6-18(23)25-19/h1-7,12-15H,8-11H2,(H,24,25)(H,26,27,29)/t14-,15-. The Kier molecular flexibility index (Phi) is 5.50. The number of aromatic nitrogens is 3. The molecule has 2 aromatic heterocycles. The lowest BCUT2D eigenvalue weighted by molar-refractivity contribution is -0.120. The normalized spacial score (nSPS) is 19.0. The van der Waals surface area contributed by atoms with E-state index >= 15 is 0 Å². The molecule has 6 nitrogen and oxygen atoms in total. The molecule has 4 rings (SSSR count). The van der Waals surface area contributed by atoms with Crippen LogP contribution in [0.5, 0.6) is 0 Å². The molecule has 1 fully saturated rings. The molecule has 0 radical (unpaired) electrons. The molecule has 0 saturated heterocycles. The molecule has 0 spiro atoms. The quantitative estimate of drug-likeness (QED) is 0.635. The van der Waals surface area contributed by atoms with Gasteiger partial charge in [0.05, 0.1) is 0 Å². The average Bonchev–Trinajstić information content (AvgIpc) is 3.17. The number of para-hydroxylation sites is 1. The first-order valence-corrected chi connectivity index (χ1v) is 9.59. The molecule has 1 amide bonds. The highest BCUT2D eigenvalue weighted by Crippen LogP contribution is 2.27. The summed E-state index contributed by atoms with van der Waals surface area (Å²) in [6, 6.07) is 12.8. The Morgan fingerprint density at radius 2 is 1.76 bits per heavy atom. The van der Waals surface area contributed by atoms with Gasteiger partial charge in [0.2, 0.25) is 11.9 Å². The first kappa shape index (κ1) is 19.0. The number of pyridine rings is 1. The molecule has 8 heteroatoms. The number of hydrogen-bond acceptors (Lipinski definition) is 4. The number of nitrogens with zero attached hydrogens (tertiary/aromatic N) is 3. The van der Waals surface area contributed by atoms with Gasteiger partial charge in [-0.1, -0.05) is 18.2 Å². The first-order valence-electron chi connectivity index (χ1n) is 9.59. The Morgan fingerprint density at radius 3 is 2.52 bits per heavy atom. The van der Waals surface area contributed by atoms with Crippen LogP contribution in [0, 0.1) is 17.7 Å². The molecule has 1 aromatic carbocycles. The van der Waals surface area contributed by atoms with Crippen molar-refractivity contribution in [1.82, 2.24) is 14.8 Å². The van der Waals surface area contributed by atoms with E-state index in [0.29, 0.717) is 30.2 Å². The topological polar surface area (TPSA) is 71.8 Å². The minimum absolute atomic E-state index is 0.0916. The van der Waals surface area contributed by atoms with Crippen molar-refractivity contribution in [3.8, 4) is 5.69 Å². The zero-order valence-electron chi connectivity index (χ0n) is 15.7. The summed E-state index contributed by atoms with van der Waals surface area (Å²) in [6.07, 6.45) is 4.63. The van der Waals surface area contributed by atoms with E-state index in [1.54, 1.807) is 42.6 Å². The summed E-state index contributed by atoms with van der Waals surface area (Å²) in [6.45, 7) is 0. The van der Waals surface area contributed by atoms with E-state index in [-0.39, 0.29) is 23.7 Å². The molecule has 0 aliphatic heterocycles. The molecule has 0 unspecified atom stereocenters. The minimum atomic E-state index is -0.516. The molecule has 150 valence electrons. The highest BCUT2D eigenvalue weighted by atomic mass is 19.1. The molecule has 29 heavy (non-hydrogen) atoms. The van der Waals surface area contributed by atoms with Crippen molar-refractivity contribution in [3.63, 3.8) is 0 Å². The molecule has 1 saturated carbocycles. The Hall–Kier alpha value is -3.29. The van der Waals surface area contributed by atoms with Crippen LogP contribution in [-0.4, -0.2) is 26.7 Å². The van der Waals surface area contributed by atoms with Crippen molar-refractivity contribution in [2.45, 2.75) is 31.7 Å². The molecule has 1 aliphatic rings. The lowest BCUT2D eigenvalue weighted by Crippen LogP contribution is -2.32. The van der Waals surface area contributed by atoms with Gasteiger partial charge >= 0.3 is 0 Å². The number of rotatable bonds is 5. The van der Waals surface area contributed by atoms with Crippen molar-refractivity contribution in [2.24, 2.45) is 5.92 Å². The first-order chi connectivity index (χ1) is 14.1. The second-order valence-electron chi connectivity index (χ2n) is 7.12. The van der Waals surface area contributed by atoms with Gasteiger partial charge in [-0.05, 0) is 49.9 Å². The molecule has 3 aromatic rings. The van der Waals surface area contributed by atoms with Gasteiger partial charge in [0.15, 0.2) is 5.82 Å². The average molecular weight is 397 g/mol. The van der Waals surface area contributed by atoms with Gasteiger partial charge in [0, 0.05) is 24.2 Å². The van der Waals surface area contributed by atoms with Crippen LogP contribution in [0.25, 0.3) is 5.69 Å². The summed E-state index contributed by atoms with van der Waals surface area (Å²) in [5.41, 5.74) is 0.325. The number of nitrogens with one attached hydrogen (secondary N) is 2. The fraction of sp³-hybridized carbons (Fsp3) is 0.286. The molecule has 0 bridgehead atoms. The fourth-order valence-electron chi connectivity index (χ4n) is 3.59. The summed E-state index contributed by atoms with van der Waals surface area (Å²) in [5, 5.41) is 10.3. The monoisotopic (exact) mass is 397 g/mol. The van der Waals surface area contributed by atoms with Crippen LogP contribution >= 0.6 is 0 Å². The van der Waals surface area contributed by atoms with Crippen LogP contribution in [-0.2, 0) is 4.79 Å². The summed E-state index contributed by atoms with van der Waals surface area (Å²) in [4.78, 5) is 16.4. The fourth-order valence-corrected chi connectivity index (χ4v) is 3.59. The third-order valence-corrected chi connectivity index (χ3v) is 5.10. The minimum Gasteiger partial charge on any atom is -0.367 e. The Morgan fingerprint density at radius 1 is 0.966 bits per heavy atom. The van der Waals surface area contributed by atoms with Crippen molar-refractivity contribution >= 4 is 17.5 Å². The summed E-state index contributed by atoms with van der Waals surface area (Å²) in [5.74, 6) is -0.206. The van der Waals surface area contributed by atoms with Crippen LogP contribution in [0.3, 0.4) is 0 Å². The van der Waals surface area contributed by atoms with Crippen LogP contribution in [0.4, 0.5) is 20.4 Å².